The summed E-state index contributed by atoms with van der Waals surface area (Å²) in [6, 6.07) is 7.92. The van der Waals surface area contributed by atoms with E-state index in [2.05, 4.69) is 21.1 Å². The Bertz CT molecular complexity index is 632. The summed E-state index contributed by atoms with van der Waals surface area (Å²) < 4.78 is 0. The van der Waals surface area contributed by atoms with Crippen molar-refractivity contribution in [1.82, 2.24) is 10.9 Å². The van der Waals surface area contributed by atoms with E-state index in [0.29, 0.717) is 6.42 Å². The summed E-state index contributed by atoms with van der Waals surface area (Å²) in [5.41, 5.74) is 8.53. The van der Waals surface area contributed by atoms with Crippen molar-refractivity contribution in [1.29, 1.82) is 0 Å². The third kappa shape index (κ3) is 4.00. The van der Waals surface area contributed by atoms with Gasteiger partial charge >= 0.3 is 0 Å². The molecule has 0 fully saturated rings. The minimum absolute atomic E-state index is 0.148. The van der Waals surface area contributed by atoms with Gasteiger partial charge in [0.2, 0.25) is 11.8 Å². The topological polar surface area (TPSA) is 82.9 Å². The molecule has 0 bridgehead atoms. The van der Waals surface area contributed by atoms with Gasteiger partial charge in [0.05, 0.1) is 11.6 Å². The lowest BCUT2D eigenvalue weighted by atomic mass is 9.99. The minimum Gasteiger partial charge on any atom is -0.273 e. The Kier molecular flexibility index (Phi) is 5.04. The molecule has 22 heavy (non-hydrogen) atoms. The van der Waals surface area contributed by atoms with Crippen LogP contribution >= 0.6 is 0 Å². The third-order valence-corrected chi connectivity index (χ3v) is 3.64. The summed E-state index contributed by atoms with van der Waals surface area (Å²) in [6.45, 7) is 5.63. The van der Waals surface area contributed by atoms with E-state index in [1.165, 1.54) is 5.56 Å². The van der Waals surface area contributed by atoms with Gasteiger partial charge in [0.15, 0.2) is 0 Å². The molecule has 6 heteroatoms. The average Bonchev–Trinajstić information content (AvgIpc) is 2.82. The molecule has 0 saturated carbocycles. The summed E-state index contributed by atoms with van der Waals surface area (Å²) in [6.07, 6.45) is 0.668. The number of amides is 2. The first kappa shape index (κ1) is 15.9. The molecule has 0 spiro atoms. The van der Waals surface area contributed by atoms with Gasteiger partial charge in [0.25, 0.3) is 0 Å². The number of hydrogen-bond acceptors (Lipinski definition) is 4. The van der Waals surface area contributed by atoms with Gasteiger partial charge in [-0.3, -0.25) is 9.59 Å². The van der Waals surface area contributed by atoms with Crippen LogP contribution in [0.5, 0.6) is 0 Å². The van der Waals surface area contributed by atoms with Gasteiger partial charge in [0, 0.05) is 12.1 Å². The van der Waals surface area contributed by atoms with Gasteiger partial charge < -0.3 is 0 Å². The average molecular weight is 300 g/mol. The zero-order valence-corrected chi connectivity index (χ0v) is 13.0. The second kappa shape index (κ2) is 6.98. The number of rotatable bonds is 5. The van der Waals surface area contributed by atoms with Gasteiger partial charge in [-0.05, 0) is 32.8 Å². The van der Waals surface area contributed by atoms with Crippen molar-refractivity contribution in [3.63, 3.8) is 0 Å². The number of hydrazone groups is 2. The molecule has 1 aromatic rings. The summed E-state index contributed by atoms with van der Waals surface area (Å²) in [4.78, 5) is 23.3. The number of hydrogen-bond donors (Lipinski definition) is 2. The van der Waals surface area contributed by atoms with Crippen molar-refractivity contribution in [2.75, 3.05) is 0 Å². The minimum atomic E-state index is -0.312. The van der Waals surface area contributed by atoms with Gasteiger partial charge in [0.1, 0.15) is 0 Å². The Labute approximate surface area is 129 Å². The molecule has 116 valence electrons. The van der Waals surface area contributed by atoms with Gasteiger partial charge in [-0.2, -0.15) is 10.2 Å². The Hall–Kier alpha value is -2.50. The van der Waals surface area contributed by atoms with Crippen molar-refractivity contribution in [3.8, 4) is 0 Å². The molecule has 0 aliphatic carbocycles. The van der Waals surface area contributed by atoms with Gasteiger partial charge in [-0.1, -0.05) is 29.8 Å². The molecule has 1 heterocycles. The predicted molar refractivity (Wildman–Crippen MR) is 85.5 cm³/mol. The van der Waals surface area contributed by atoms with Crippen molar-refractivity contribution < 1.29 is 9.59 Å². The van der Waals surface area contributed by atoms with Crippen LogP contribution in [0.3, 0.4) is 0 Å². The first-order valence-electron chi connectivity index (χ1n) is 7.21. The van der Waals surface area contributed by atoms with E-state index in [0.717, 1.165) is 17.0 Å². The fraction of sp³-hybridized carbons (Fsp3) is 0.375. The Morgan fingerprint density at radius 2 is 2.00 bits per heavy atom. The van der Waals surface area contributed by atoms with Crippen LogP contribution in [0.15, 0.2) is 34.5 Å². The van der Waals surface area contributed by atoms with Crippen LogP contribution in [-0.4, -0.2) is 23.2 Å². The van der Waals surface area contributed by atoms with E-state index in [1.807, 2.05) is 38.1 Å². The molecule has 0 saturated heterocycles. The van der Waals surface area contributed by atoms with Crippen LogP contribution in [0, 0.1) is 12.8 Å². The summed E-state index contributed by atoms with van der Waals surface area (Å²) in [5, 5.41) is 7.95. The fourth-order valence-corrected chi connectivity index (χ4v) is 2.17. The quantitative estimate of drug-likeness (QED) is 0.641. The molecule has 6 nitrogen and oxygen atoms in total. The largest absolute Gasteiger partial charge is 0.273 e. The molecule has 2 rings (SSSR count). The molecular formula is C16H20N4O2. The second-order valence-electron chi connectivity index (χ2n) is 5.42. The maximum absolute atomic E-state index is 11.8. The van der Waals surface area contributed by atoms with E-state index >= 15 is 0 Å². The second-order valence-corrected chi connectivity index (χ2v) is 5.42. The zero-order chi connectivity index (χ0) is 16.1. The van der Waals surface area contributed by atoms with Crippen molar-refractivity contribution in [3.05, 3.63) is 35.4 Å². The Morgan fingerprint density at radius 1 is 1.32 bits per heavy atom. The molecular weight excluding hydrogens is 280 g/mol. The summed E-state index contributed by atoms with van der Waals surface area (Å²) in [7, 11) is 0. The molecule has 2 amide bonds. The normalized spacial score (nSPS) is 18.0. The van der Waals surface area contributed by atoms with Crippen LogP contribution in [0.1, 0.15) is 37.8 Å². The van der Waals surface area contributed by atoms with Crippen molar-refractivity contribution in [2.24, 2.45) is 16.1 Å². The highest BCUT2D eigenvalue weighted by molar-refractivity contribution is 6.07. The first-order chi connectivity index (χ1) is 10.5. The van der Waals surface area contributed by atoms with E-state index in [1.54, 1.807) is 6.92 Å². The van der Waals surface area contributed by atoms with Crippen molar-refractivity contribution >= 4 is 23.2 Å². The SMILES string of the molecule is CC1=NNC(=O)[C@H]1CCC(=O)N/N=C(/C)c1ccc(C)cc1. The van der Waals surface area contributed by atoms with Gasteiger partial charge in [-0.15, -0.1) is 0 Å². The summed E-state index contributed by atoms with van der Waals surface area (Å²) >= 11 is 0. The van der Waals surface area contributed by atoms with Crippen LogP contribution in [0.2, 0.25) is 0 Å². The Balaban J connectivity index is 1.84. The predicted octanol–water partition coefficient (Wildman–Crippen LogP) is 1.74. The van der Waals surface area contributed by atoms with E-state index in [-0.39, 0.29) is 24.2 Å². The number of carbonyl (C=O) groups excluding carboxylic acids is 2. The maximum atomic E-state index is 11.8. The molecule has 2 N–H and O–H groups in total. The lowest BCUT2D eigenvalue weighted by Gasteiger charge is -2.07. The number of aryl methyl sites for hydroxylation is 1. The molecule has 1 atom stereocenters. The monoisotopic (exact) mass is 300 g/mol. The number of benzene rings is 1. The molecule has 1 aliphatic heterocycles. The van der Waals surface area contributed by atoms with Crippen LogP contribution in [-0.2, 0) is 9.59 Å². The zero-order valence-electron chi connectivity index (χ0n) is 13.0. The Morgan fingerprint density at radius 3 is 2.59 bits per heavy atom. The van der Waals surface area contributed by atoms with Crippen LogP contribution < -0.4 is 10.9 Å². The summed E-state index contributed by atoms with van der Waals surface area (Å²) in [5.74, 6) is -0.670. The van der Waals surface area contributed by atoms with E-state index in [4.69, 9.17) is 0 Å². The number of nitrogens with one attached hydrogen (secondary N) is 2. The number of carbonyl (C=O) groups is 2. The van der Waals surface area contributed by atoms with Crippen molar-refractivity contribution in [2.45, 2.75) is 33.6 Å². The lowest BCUT2D eigenvalue weighted by molar-refractivity contribution is -0.123. The smallest absolute Gasteiger partial charge is 0.248 e. The van der Waals surface area contributed by atoms with Crippen LogP contribution in [0.4, 0.5) is 0 Å². The first-order valence-corrected chi connectivity index (χ1v) is 7.21. The highest BCUT2D eigenvalue weighted by atomic mass is 16.2. The number of nitrogens with zero attached hydrogens (tertiary/aromatic N) is 2. The standard InChI is InChI=1S/C16H20N4O2/c1-10-4-6-13(7-5-10)11(2)17-19-15(21)9-8-14-12(3)18-20-16(14)22/h4-7,14H,8-9H2,1-3H3,(H,19,21)(H,20,22)/b17-11-/t14-/m0/s1. The molecule has 0 aromatic heterocycles. The lowest BCUT2D eigenvalue weighted by Crippen LogP contribution is -2.25. The molecule has 0 radical (unpaired) electrons. The van der Waals surface area contributed by atoms with E-state index in [9.17, 15) is 9.59 Å². The third-order valence-electron chi connectivity index (χ3n) is 3.64. The van der Waals surface area contributed by atoms with Gasteiger partial charge in [-0.25, -0.2) is 10.9 Å². The molecule has 1 aliphatic rings. The fourth-order valence-electron chi connectivity index (χ4n) is 2.17. The highest BCUT2D eigenvalue weighted by Crippen LogP contribution is 2.13. The highest BCUT2D eigenvalue weighted by Gasteiger charge is 2.26. The van der Waals surface area contributed by atoms with Crippen LogP contribution in [0.25, 0.3) is 0 Å². The maximum Gasteiger partial charge on any atom is 0.248 e. The molecule has 0 unspecified atom stereocenters. The molecule has 1 aromatic carbocycles. The van der Waals surface area contributed by atoms with E-state index < -0.39 is 0 Å².